The number of thiazole rings is 1. The first-order valence-electron chi connectivity index (χ1n) is 5.58. The summed E-state index contributed by atoms with van der Waals surface area (Å²) in [6.45, 7) is 0. The van der Waals surface area contributed by atoms with E-state index in [0.717, 1.165) is 0 Å². The van der Waals surface area contributed by atoms with Crippen molar-refractivity contribution in [2.24, 2.45) is 0 Å². The van der Waals surface area contributed by atoms with Crippen LogP contribution in [-0.4, -0.2) is 15.8 Å². The molecule has 0 atom stereocenters. The van der Waals surface area contributed by atoms with Crippen LogP contribution in [0.2, 0.25) is 0 Å². The van der Waals surface area contributed by atoms with Crippen LogP contribution in [0.15, 0.2) is 24.3 Å². The Kier molecular flexibility index (Phi) is 3.99. The summed E-state index contributed by atoms with van der Waals surface area (Å²) in [7, 11) is 0. The summed E-state index contributed by atoms with van der Waals surface area (Å²) in [5.74, 6) is -0.810. The molecule has 2 aromatic rings. The number of hydrogen-bond acceptors (Lipinski definition) is 6. The molecular weight excluding hydrogens is 325 g/mol. The maximum Gasteiger partial charge on any atom is 0.441 e. The molecule has 11 heteroatoms. The number of halogens is 3. The Labute approximate surface area is 124 Å². The van der Waals surface area contributed by atoms with Crippen molar-refractivity contribution in [3.63, 3.8) is 0 Å². The highest BCUT2D eigenvalue weighted by Crippen LogP contribution is 2.40. The van der Waals surface area contributed by atoms with Crippen LogP contribution in [0, 0.1) is 10.1 Å². The third kappa shape index (κ3) is 3.14. The van der Waals surface area contributed by atoms with Gasteiger partial charge >= 0.3 is 11.2 Å². The third-order valence-electron chi connectivity index (χ3n) is 2.47. The van der Waals surface area contributed by atoms with Gasteiger partial charge in [0.15, 0.2) is 5.13 Å². The minimum Gasteiger partial charge on any atom is -0.398 e. The molecule has 0 aliphatic rings. The molecule has 116 valence electrons. The molecule has 0 aliphatic carbocycles. The SMILES string of the molecule is Nc1ccccc1C(=O)Nc1nc(C(F)(F)F)c([N+](=O)[O-])s1. The van der Waals surface area contributed by atoms with Crippen molar-refractivity contribution in [1.82, 2.24) is 4.98 Å². The molecule has 0 fully saturated rings. The molecular formula is C11H7F3N4O3S. The van der Waals surface area contributed by atoms with Gasteiger partial charge < -0.3 is 5.73 Å². The highest BCUT2D eigenvalue weighted by atomic mass is 32.1. The van der Waals surface area contributed by atoms with E-state index >= 15 is 0 Å². The summed E-state index contributed by atoms with van der Waals surface area (Å²) in [6, 6.07) is 5.87. The number of alkyl halides is 3. The van der Waals surface area contributed by atoms with Gasteiger partial charge in [0.1, 0.15) is 0 Å². The summed E-state index contributed by atoms with van der Waals surface area (Å²) in [4.78, 5) is 24.4. The first kappa shape index (κ1) is 15.7. The number of anilines is 2. The van der Waals surface area contributed by atoms with Crippen molar-refractivity contribution in [2.75, 3.05) is 11.1 Å². The fourth-order valence-corrected chi connectivity index (χ4v) is 2.34. The van der Waals surface area contributed by atoms with Crippen molar-refractivity contribution in [3.05, 3.63) is 45.6 Å². The van der Waals surface area contributed by atoms with E-state index in [4.69, 9.17) is 5.73 Å². The number of nitro groups is 1. The Morgan fingerprint density at radius 2 is 2.00 bits per heavy atom. The van der Waals surface area contributed by atoms with E-state index in [9.17, 15) is 28.1 Å². The molecule has 0 bridgehead atoms. The van der Waals surface area contributed by atoms with E-state index in [1.54, 1.807) is 6.07 Å². The summed E-state index contributed by atoms with van der Waals surface area (Å²) < 4.78 is 38.0. The zero-order chi connectivity index (χ0) is 16.5. The third-order valence-corrected chi connectivity index (χ3v) is 3.39. The molecule has 0 spiro atoms. The average Bonchev–Trinajstić information content (AvgIpc) is 2.83. The van der Waals surface area contributed by atoms with Gasteiger partial charge in [-0.15, -0.1) is 0 Å². The zero-order valence-corrected chi connectivity index (χ0v) is 11.4. The van der Waals surface area contributed by atoms with Crippen LogP contribution >= 0.6 is 11.3 Å². The second-order valence-electron chi connectivity index (χ2n) is 3.97. The van der Waals surface area contributed by atoms with Gasteiger partial charge in [-0.25, -0.2) is 4.98 Å². The number of rotatable bonds is 3. The van der Waals surface area contributed by atoms with Gasteiger partial charge in [-0.3, -0.25) is 20.2 Å². The fraction of sp³-hybridized carbons (Fsp3) is 0.0909. The Hall–Kier alpha value is -2.69. The number of nitrogens with zero attached hydrogens (tertiary/aromatic N) is 2. The minimum absolute atomic E-state index is 0.0221. The number of amides is 1. The summed E-state index contributed by atoms with van der Waals surface area (Å²) in [6.07, 6.45) is -4.99. The number of carbonyl (C=O) groups excluding carboxylic acids is 1. The van der Waals surface area contributed by atoms with Crippen LogP contribution in [0.5, 0.6) is 0 Å². The smallest absolute Gasteiger partial charge is 0.398 e. The second kappa shape index (κ2) is 5.60. The van der Waals surface area contributed by atoms with Crippen molar-refractivity contribution in [3.8, 4) is 0 Å². The first-order chi connectivity index (χ1) is 10.2. The largest absolute Gasteiger partial charge is 0.441 e. The van der Waals surface area contributed by atoms with Crippen LogP contribution in [0.3, 0.4) is 0 Å². The molecule has 0 radical (unpaired) electrons. The lowest BCUT2D eigenvalue weighted by molar-refractivity contribution is -0.383. The van der Waals surface area contributed by atoms with Gasteiger partial charge in [0.05, 0.1) is 10.5 Å². The van der Waals surface area contributed by atoms with Crippen molar-refractivity contribution >= 4 is 33.1 Å². The summed E-state index contributed by atoms with van der Waals surface area (Å²) >= 11 is 0.120. The van der Waals surface area contributed by atoms with Gasteiger partial charge in [0.25, 0.3) is 5.91 Å². The maximum absolute atomic E-state index is 12.7. The maximum atomic E-state index is 12.7. The van der Waals surface area contributed by atoms with E-state index in [1.165, 1.54) is 18.2 Å². The van der Waals surface area contributed by atoms with Gasteiger partial charge in [0.2, 0.25) is 5.69 Å². The topological polar surface area (TPSA) is 111 Å². The molecule has 1 amide bonds. The Bertz CT molecular complexity index is 744. The van der Waals surface area contributed by atoms with E-state index in [0.29, 0.717) is 0 Å². The van der Waals surface area contributed by atoms with E-state index < -0.39 is 32.8 Å². The van der Waals surface area contributed by atoms with Crippen LogP contribution in [-0.2, 0) is 6.18 Å². The first-order valence-corrected chi connectivity index (χ1v) is 6.40. The average molecular weight is 332 g/mol. The van der Waals surface area contributed by atoms with Crippen LogP contribution in [0.1, 0.15) is 16.1 Å². The zero-order valence-electron chi connectivity index (χ0n) is 10.5. The van der Waals surface area contributed by atoms with Crippen molar-refractivity contribution in [1.29, 1.82) is 0 Å². The molecule has 7 nitrogen and oxygen atoms in total. The van der Waals surface area contributed by atoms with Gasteiger partial charge in [-0.1, -0.05) is 12.1 Å². The summed E-state index contributed by atoms with van der Waals surface area (Å²) in [5, 5.41) is 11.0. The normalized spacial score (nSPS) is 11.2. The number of nitrogen functional groups attached to an aromatic ring is 1. The fourth-order valence-electron chi connectivity index (χ4n) is 1.54. The second-order valence-corrected chi connectivity index (χ2v) is 4.95. The van der Waals surface area contributed by atoms with Gasteiger partial charge in [-0.05, 0) is 23.5 Å². The predicted molar refractivity (Wildman–Crippen MR) is 72.6 cm³/mol. The van der Waals surface area contributed by atoms with Crippen LogP contribution < -0.4 is 11.1 Å². The Morgan fingerprint density at radius 3 is 2.50 bits per heavy atom. The summed E-state index contributed by atoms with van der Waals surface area (Å²) in [5.41, 5.74) is 4.04. The van der Waals surface area contributed by atoms with Gasteiger partial charge in [-0.2, -0.15) is 13.2 Å². The highest BCUT2D eigenvalue weighted by Gasteiger charge is 2.43. The molecule has 0 saturated heterocycles. The van der Waals surface area contributed by atoms with Crippen molar-refractivity contribution < 1.29 is 22.9 Å². The molecule has 0 saturated carbocycles. The molecule has 0 unspecified atom stereocenters. The lowest BCUT2D eigenvalue weighted by atomic mass is 10.2. The Balaban J connectivity index is 2.33. The standard InChI is InChI=1S/C11H7F3N4O3S/c12-11(13,14)7-9(18(20)21)22-10(16-7)17-8(19)5-3-1-2-4-6(5)15/h1-4H,15H2,(H,16,17,19). The van der Waals surface area contributed by atoms with E-state index in [2.05, 4.69) is 10.3 Å². The van der Waals surface area contributed by atoms with E-state index in [-0.39, 0.29) is 22.6 Å². The molecule has 1 aromatic heterocycles. The molecule has 1 heterocycles. The number of benzene rings is 1. The quantitative estimate of drug-likeness (QED) is 0.510. The van der Waals surface area contributed by atoms with Crippen molar-refractivity contribution in [2.45, 2.75) is 6.18 Å². The number of aromatic nitrogens is 1. The number of nitrogens with two attached hydrogens (primary N) is 1. The molecule has 3 N–H and O–H groups in total. The lowest BCUT2D eigenvalue weighted by Crippen LogP contribution is -2.14. The highest BCUT2D eigenvalue weighted by molar-refractivity contribution is 7.19. The number of carbonyl (C=O) groups is 1. The number of hydrogen-bond donors (Lipinski definition) is 2. The molecule has 1 aromatic carbocycles. The van der Waals surface area contributed by atoms with Crippen LogP contribution in [0.4, 0.5) is 29.0 Å². The van der Waals surface area contributed by atoms with Crippen LogP contribution in [0.25, 0.3) is 0 Å². The molecule has 0 aliphatic heterocycles. The van der Waals surface area contributed by atoms with Gasteiger partial charge in [0, 0.05) is 5.69 Å². The number of para-hydroxylation sites is 1. The predicted octanol–water partition coefficient (Wildman–Crippen LogP) is 2.90. The van der Waals surface area contributed by atoms with E-state index in [1.807, 2.05) is 0 Å². The minimum atomic E-state index is -4.99. The molecule has 22 heavy (non-hydrogen) atoms. The Morgan fingerprint density at radius 1 is 1.36 bits per heavy atom. The molecule has 2 rings (SSSR count). The number of nitrogens with one attached hydrogen (secondary N) is 1. The monoisotopic (exact) mass is 332 g/mol. The lowest BCUT2D eigenvalue weighted by Gasteiger charge is -2.04.